The van der Waals surface area contributed by atoms with Crippen LogP contribution >= 0.6 is 12.4 Å². The Bertz CT molecular complexity index is 644. The Morgan fingerprint density at radius 1 is 1.04 bits per heavy atom. The van der Waals surface area contributed by atoms with Crippen LogP contribution in [0.4, 0.5) is 0 Å². The van der Waals surface area contributed by atoms with Gasteiger partial charge in [-0.15, -0.1) is 12.4 Å². The minimum absolute atomic E-state index is 0. The molecule has 1 amide bonds. The van der Waals surface area contributed by atoms with Gasteiger partial charge in [0.15, 0.2) is 0 Å². The second-order valence-corrected chi connectivity index (χ2v) is 5.74. The molecule has 0 radical (unpaired) electrons. The van der Waals surface area contributed by atoms with E-state index < -0.39 is 0 Å². The first-order chi connectivity index (χ1) is 11.5. The summed E-state index contributed by atoms with van der Waals surface area (Å²) >= 11 is 0. The highest BCUT2D eigenvalue weighted by molar-refractivity contribution is 5.85. The van der Waals surface area contributed by atoms with Crippen molar-refractivity contribution in [2.45, 2.75) is 25.4 Å². The smallest absolute Gasteiger partial charge is 0.222 e. The van der Waals surface area contributed by atoms with Gasteiger partial charge in [-0.1, -0.05) is 24.3 Å². The molecule has 0 bridgehead atoms. The predicted molar refractivity (Wildman–Crippen MR) is 101 cm³/mol. The van der Waals surface area contributed by atoms with Crippen LogP contribution in [0.2, 0.25) is 0 Å². The average molecular weight is 365 g/mol. The molecular weight excluding hydrogens is 340 g/mol. The molecule has 6 heteroatoms. The molecule has 0 aliphatic heterocycles. The van der Waals surface area contributed by atoms with Crippen LogP contribution < -0.4 is 20.5 Å². The number of nitrogens with two attached hydrogens (primary N) is 1. The number of ether oxygens (including phenoxy) is 2. The fourth-order valence-electron chi connectivity index (χ4n) is 2.51. The van der Waals surface area contributed by atoms with Crippen LogP contribution in [0.15, 0.2) is 48.5 Å². The summed E-state index contributed by atoms with van der Waals surface area (Å²) in [6, 6.07) is 14.8. The molecule has 0 fully saturated rings. The van der Waals surface area contributed by atoms with E-state index >= 15 is 0 Å². The molecule has 0 aliphatic rings. The van der Waals surface area contributed by atoms with Crippen molar-refractivity contribution in [2.24, 2.45) is 5.73 Å². The summed E-state index contributed by atoms with van der Waals surface area (Å²) in [7, 11) is 3.24. The maximum Gasteiger partial charge on any atom is 0.222 e. The van der Waals surface area contributed by atoms with Crippen LogP contribution in [0.1, 0.15) is 30.5 Å². The van der Waals surface area contributed by atoms with E-state index in [1.54, 1.807) is 14.2 Å². The number of methoxy groups -OCH3 is 2. The molecule has 1 atom stereocenters. The Balaban J connectivity index is 0.00000312. The van der Waals surface area contributed by atoms with Gasteiger partial charge in [0.05, 0.1) is 20.3 Å². The summed E-state index contributed by atoms with van der Waals surface area (Å²) < 4.78 is 10.6. The summed E-state index contributed by atoms with van der Waals surface area (Å²) in [6.07, 6.45) is 0.268. The van der Waals surface area contributed by atoms with E-state index in [4.69, 9.17) is 15.2 Å². The first kappa shape index (κ1) is 20.8. The molecule has 3 N–H and O–H groups in total. The van der Waals surface area contributed by atoms with Gasteiger partial charge in [0.25, 0.3) is 0 Å². The molecule has 0 saturated carbocycles. The van der Waals surface area contributed by atoms with Crippen molar-refractivity contribution in [1.29, 1.82) is 0 Å². The van der Waals surface area contributed by atoms with Gasteiger partial charge in [-0.3, -0.25) is 4.79 Å². The van der Waals surface area contributed by atoms with Crippen molar-refractivity contribution in [3.63, 3.8) is 0 Å². The molecule has 1 unspecified atom stereocenters. The lowest BCUT2D eigenvalue weighted by molar-refractivity contribution is -0.121. The highest BCUT2D eigenvalue weighted by Crippen LogP contribution is 2.27. The maximum absolute atomic E-state index is 12.3. The minimum atomic E-state index is -0.304. The molecular formula is C19H25ClN2O3. The minimum Gasteiger partial charge on any atom is -0.497 e. The van der Waals surface area contributed by atoms with Crippen molar-refractivity contribution >= 4 is 18.3 Å². The zero-order valence-corrected chi connectivity index (χ0v) is 15.5. The Morgan fingerprint density at radius 3 is 1.92 bits per heavy atom. The van der Waals surface area contributed by atoms with Gasteiger partial charge in [-0.05, 0) is 42.3 Å². The Kier molecular flexibility index (Phi) is 8.25. The number of hydrogen-bond donors (Lipinski definition) is 2. The number of carbonyl (C=O) groups is 1. The quantitative estimate of drug-likeness (QED) is 0.791. The molecule has 2 aromatic carbocycles. The van der Waals surface area contributed by atoms with E-state index in [0.717, 1.165) is 22.6 Å². The number of hydrogen-bond acceptors (Lipinski definition) is 4. The first-order valence-electron chi connectivity index (χ1n) is 7.86. The van der Waals surface area contributed by atoms with Gasteiger partial charge in [-0.2, -0.15) is 0 Å². The van der Waals surface area contributed by atoms with Gasteiger partial charge in [0, 0.05) is 12.5 Å². The van der Waals surface area contributed by atoms with Crippen LogP contribution in [0, 0.1) is 0 Å². The summed E-state index contributed by atoms with van der Waals surface area (Å²) in [5.41, 5.74) is 7.60. The van der Waals surface area contributed by atoms with E-state index in [9.17, 15) is 4.79 Å². The normalized spacial score (nSPS) is 11.4. The van der Waals surface area contributed by atoms with Crippen molar-refractivity contribution in [3.05, 3.63) is 59.7 Å². The van der Waals surface area contributed by atoms with Crippen LogP contribution in [0.25, 0.3) is 0 Å². The van der Waals surface area contributed by atoms with Crippen molar-refractivity contribution in [3.8, 4) is 11.5 Å². The van der Waals surface area contributed by atoms with E-state index in [1.807, 2.05) is 55.5 Å². The molecule has 2 rings (SSSR count). The lowest BCUT2D eigenvalue weighted by atomic mass is 9.97. The van der Waals surface area contributed by atoms with Gasteiger partial charge in [-0.25, -0.2) is 0 Å². The van der Waals surface area contributed by atoms with Crippen molar-refractivity contribution in [1.82, 2.24) is 5.32 Å². The molecule has 5 nitrogen and oxygen atoms in total. The standard InChI is InChI=1S/C19H24N2O3.ClH/c1-13(20)10-18(22)21-19(14-6-4-8-16(11-14)23-2)15-7-5-9-17(12-15)24-3;/h4-9,11-13,19H,10,20H2,1-3H3,(H,21,22);1H. The van der Waals surface area contributed by atoms with Crippen molar-refractivity contribution in [2.75, 3.05) is 14.2 Å². The molecule has 2 aromatic rings. The van der Waals surface area contributed by atoms with Crippen LogP contribution in [-0.4, -0.2) is 26.2 Å². The van der Waals surface area contributed by atoms with Crippen LogP contribution in [0.5, 0.6) is 11.5 Å². The van der Waals surface area contributed by atoms with Gasteiger partial charge in [0.2, 0.25) is 5.91 Å². The number of nitrogens with one attached hydrogen (secondary N) is 1. The van der Waals surface area contributed by atoms with E-state index in [1.165, 1.54) is 0 Å². The zero-order chi connectivity index (χ0) is 17.5. The van der Waals surface area contributed by atoms with E-state index in [-0.39, 0.29) is 36.8 Å². The molecule has 0 aromatic heterocycles. The largest absolute Gasteiger partial charge is 0.497 e. The second-order valence-electron chi connectivity index (χ2n) is 5.74. The Labute approximate surface area is 154 Å². The molecule has 25 heavy (non-hydrogen) atoms. The topological polar surface area (TPSA) is 73.6 Å². The Morgan fingerprint density at radius 2 is 1.52 bits per heavy atom. The monoisotopic (exact) mass is 364 g/mol. The average Bonchev–Trinajstić information content (AvgIpc) is 2.59. The summed E-state index contributed by atoms with van der Waals surface area (Å²) in [6.45, 7) is 1.81. The number of benzene rings is 2. The second kappa shape index (κ2) is 9.91. The third-order valence-corrected chi connectivity index (χ3v) is 3.67. The van der Waals surface area contributed by atoms with Gasteiger partial charge < -0.3 is 20.5 Å². The number of amides is 1. The van der Waals surface area contributed by atoms with E-state index in [2.05, 4.69) is 5.32 Å². The molecule has 0 aliphatic carbocycles. The number of rotatable bonds is 7. The van der Waals surface area contributed by atoms with Gasteiger partial charge >= 0.3 is 0 Å². The third-order valence-electron chi connectivity index (χ3n) is 3.67. The van der Waals surface area contributed by atoms with Crippen molar-refractivity contribution < 1.29 is 14.3 Å². The van der Waals surface area contributed by atoms with Gasteiger partial charge in [0.1, 0.15) is 11.5 Å². The Hall–Kier alpha value is -2.24. The SMILES string of the molecule is COc1cccc(C(NC(=O)CC(C)N)c2cccc(OC)c2)c1.Cl. The molecule has 0 spiro atoms. The highest BCUT2D eigenvalue weighted by Gasteiger charge is 2.18. The lowest BCUT2D eigenvalue weighted by Gasteiger charge is -2.21. The number of carbonyl (C=O) groups excluding carboxylic acids is 1. The first-order valence-corrected chi connectivity index (χ1v) is 7.86. The third kappa shape index (κ3) is 5.96. The molecule has 0 heterocycles. The van der Waals surface area contributed by atoms with Crippen LogP contribution in [-0.2, 0) is 4.79 Å². The summed E-state index contributed by atoms with van der Waals surface area (Å²) in [5.74, 6) is 1.38. The van der Waals surface area contributed by atoms with Crippen LogP contribution in [0.3, 0.4) is 0 Å². The fraction of sp³-hybridized carbons (Fsp3) is 0.316. The fourth-order valence-corrected chi connectivity index (χ4v) is 2.51. The zero-order valence-electron chi connectivity index (χ0n) is 14.7. The predicted octanol–water partition coefficient (Wildman–Crippen LogP) is 3.07. The van der Waals surface area contributed by atoms with E-state index in [0.29, 0.717) is 0 Å². The maximum atomic E-state index is 12.3. The lowest BCUT2D eigenvalue weighted by Crippen LogP contribution is -2.33. The molecule has 0 saturated heterocycles. The highest BCUT2D eigenvalue weighted by atomic mass is 35.5. The number of halogens is 1. The summed E-state index contributed by atoms with van der Waals surface area (Å²) in [5, 5.41) is 3.05. The molecule has 136 valence electrons. The summed E-state index contributed by atoms with van der Waals surface area (Å²) in [4.78, 5) is 12.3.